The predicted octanol–water partition coefficient (Wildman–Crippen LogP) is 1.15. The van der Waals surface area contributed by atoms with Crippen LogP contribution >= 0.6 is 0 Å². The van der Waals surface area contributed by atoms with Crippen LogP contribution in [0, 0.1) is 24.7 Å². The maximum absolute atomic E-state index is 13.4. The van der Waals surface area contributed by atoms with Gasteiger partial charge in [0, 0.05) is 18.0 Å². The van der Waals surface area contributed by atoms with Crippen molar-refractivity contribution in [3.63, 3.8) is 0 Å². The zero-order valence-electron chi connectivity index (χ0n) is 16.4. The predicted molar refractivity (Wildman–Crippen MR) is 101 cm³/mol. The van der Waals surface area contributed by atoms with Crippen molar-refractivity contribution in [1.29, 1.82) is 0 Å². The number of amides is 3. The molecule has 1 aromatic carbocycles. The van der Waals surface area contributed by atoms with Crippen LogP contribution in [0.4, 0.5) is 5.69 Å². The number of aryl methyl sites for hydroxylation is 1. The van der Waals surface area contributed by atoms with Gasteiger partial charge in [-0.3, -0.25) is 19.3 Å². The lowest BCUT2D eigenvalue weighted by Gasteiger charge is -2.27. The van der Waals surface area contributed by atoms with Gasteiger partial charge in [0.1, 0.15) is 17.9 Å². The number of hydrogen-bond donors (Lipinski definition) is 2. The van der Waals surface area contributed by atoms with Crippen molar-refractivity contribution in [2.45, 2.75) is 52.1 Å². The van der Waals surface area contributed by atoms with E-state index in [0.717, 1.165) is 29.7 Å². The smallest absolute Gasteiger partial charge is 0.291 e. The lowest BCUT2D eigenvalue weighted by molar-refractivity contribution is -0.738. The Morgan fingerprint density at radius 2 is 1.96 bits per heavy atom. The van der Waals surface area contributed by atoms with E-state index in [2.05, 4.69) is 19.2 Å². The summed E-state index contributed by atoms with van der Waals surface area (Å²) in [6.45, 7) is 8.58. The number of likely N-dealkylation sites (tertiary alicyclic amines) is 1. The van der Waals surface area contributed by atoms with Crippen LogP contribution in [0.25, 0.3) is 0 Å². The molecule has 2 saturated heterocycles. The second-order valence-electron chi connectivity index (χ2n) is 8.49. The maximum Gasteiger partial charge on any atom is 0.291 e. The molecule has 0 aromatic heterocycles. The highest BCUT2D eigenvalue weighted by Crippen LogP contribution is 2.50. The zero-order valence-corrected chi connectivity index (χ0v) is 16.4. The van der Waals surface area contributed by atoms with Crippen LogP contribution in [0.2, 0.25) is 0 Å². The topological polar surface area (TPSA) is 83.1 Å². The van der Waals surface area contributed by atoms with Gasteiger partial charge in [-0.05, 0) is 18.9 Å². The Morgan fingerprint density at radius 3 is 2.63 bits per heavy atom. The molecule has 6 heteroatoms. The Kier molecular flexibility index (Phi) is 4.14. The van der Waals surface area contributed by atoms with E-state index in [1.165, 1.54) is 4.90 Å². The van der Waals surface area contributed by atoms with Crippen LogP contribution in [0.3, 0.4) is 0 Å². The number of anilines is 1. The van der Waals surface area contributed by atoms with Crippen LogP contribution in [0.5, 0.6) is 0 Å². The third kappa shape index (κ3) is 2.25. The van der Waals surface area contributed by atoms with E-state index < -0.39 is 17.4 Å². The fourth-order valence-corrected chi connectivity index (χ4v) is 5.26. The Morgan fingerprint density at radius 1 is 1.22 bits per heavy atom. The van der Waals surface area contributed by atoms with Gasteiger partial charge in [0.25, 0.3) is 5.91 Å². The molecule has 3 aliphatic rings. The molecule has 0 radical (unpaired) electrons. The van der Waals surface area contributed by atoms with Gasteiger partial charge in [0.05, 0.1) is 5.69 Å². The normalized spacial score (nSPS) is 31.8. The first-order chi connectivity index (χ1) is 12.8. The highest BCUT2D eigenvalue weighted by atomic mass is 16.2. The molecule has 3 aliphatic heterocycles. The largest absolute Gasteiger partial charge is 0.326 e. The second kappa shape index (κ2) is 6.16. The first kappa shape index (κ1) is 18.2. The van der Waals surface area contributed by atoms with Crippen LogP contribution in [0.15, 0.2) is 18.2 Å². The van der Waals surface area contributed by atoms with Gasteiger partial charge in [0.15, 0.2) is 0 Å². The van der Waals surface area contributed by atoms with Gasteiger partial charge < -0.3 is 10.6 Å². The number of quaternary nitrogens is 1. The monoisotopic (exact) mass is 370 g/mol. The average molecular weight is 370 g/mol. The number of para-hydroxylation sites is 1. The summed E-state index contributed by atoms with van der Waals surface area (Å²) in [5.41, 5.74) is 1.60. The number of unbranched alkanes of at least 4 members (excludes halogenated alkanes) is 1. The summed E-state index contributed by atoms with van der Waals surface area (Å²) in [4.78, 5) is 41.3. The van der Waals surface area contributed by atoms with Crippen molar-refractivity contribution in [2.75, 3.05) is 11.9 Å². The fraction of sp³-hybridized carbons (Fsp3) is 0.571. The number of nitrogens with two attached hydrogens (primary N) is 1. The molecule has 3 amide bonds. The molecule has 6 nitrogen and oxygen atoms in total. The van der Waals surface area contributed by atoms with Crippen molar-refractivity contribution in [2.24, 2.45) is 17.8 Å². The Balaban J connectivity index is 1.87. The van der Waals surface area contributed by atoms with Gasteiger partial charge in [-0.25, -0.2) is 0 Å². The molecule has 4 atom stereocenters. The summed E-state index contributed by atoms with van der Waals surface area (Å²) >= 11 is 0. The van der Waals surface area contributed by atoms with Crippen LogP contribution in [-0.4, -0.2) is 35.2 Å². The number of carbonyl (C=O) groups is 3. The number of benzene rings is 1. The quantitative estimate of drug-likeness (QED) is 0.780. The molecule has 0 saturated carbocycles. The zero-order chi connectivity index (χ0) is 19.5. The van der Waals surface area contributed by atoms with Gasteiger partial charge in [0.2, 0.25) is 17.4 Å². The summed E-state index contributed by atoms with van der Waals surface area (Å²) in [6, 6.07) is 5.73. The third-order valence-electron chi connectivity index (χ3n) is 6.64. The summed E-state index contributed by atoms with van der Waals surface area (Å²) in [6.07, 6.45) is 1.71. The van der Waals surface area contributed by atoms with E-state index in [1.807, 2.05) is 37.4 Å². The lowest BCUT2D eigenvalue weighted by Crippen LogP contribution is -2.99. The standard InChI is InChI=1S/C21H27N3O3/c1-5-6-10-24-18(25)14-15(19(24)26)21(23-16(14)11(2)3)13-9-7-8-12(4)17(13)22-20(21)27/h7-9,11,14-16,23H,5-6,10H2,1-4H3,(H,22,27)/p+1/t14-,15-,16+,21-/m0/s1. The molecule has 3 heterocycles. The first-order valence-electron chi connectivity index (χ1n) is 9.97. The number of hydrogen-bond acceptors (Lipinski definition) is 3. The Hall–Kier alpha value is -2.21. The number of carbonyl (C=O) groups excluding carboxylic acids is 3. The Labute approximate surface area is 159 Å². The minimum absolute atomic E-state index is 0.0877. The molecule has 144 valence electrons. The highest BCUT2D eigenvalue weighted by Gasteiger charge is 2.74. The van der Waals surface area contributed by atoms with Gasteiger partial charge in [-0.15, -0.1) is 0 Å². The SMILES string of the molecule is CCCCN1C(=O)[C@@H]2[C@@H](C(C)C)[NH2+][C@]3(C(=O)Nc4c(C)cccc43)[C@@H]2C1=O. The number of fused-ring (bicyclic) bond motifs is 4. The first-order valence-corrected chi connectivity index (χ1v) is 9.97. The minimum Gasteiger partial charge on any atom is -0.326 e. The van der Waals surface area contributed by atoms with Gasteiger partial charge in [-0.1, -0.05) is 45.4 Å². The maximum atomic E-state index is 13.4. The molecule has 0 aliphatic carbocycles. The summed E-state index contributed by atoms with van der Waals surface area (Å²) in [5.74, 6) is -1.32. The number of nitrogens with zero attached hydrogens (tertiary/aromatic N) is 1. The number of nitrogens with one attached hydrogen (secondary N) is 1. The summed E-state index contributed by atoms with van der Waals surface area (Å²) in [5, 5.41) is 5.03. The molecule has 2 fully saturated rings. The summed E-state index contributed by atoms with van der Waals surface area (Å²) < 4.78 is 0. The molecule has 0 bridgehead atoms. The minimum atomic E-state index is -1.03. The van der Waals surface area contributed by atoms with Gasteiger partial charge >= 0.3 is 0 Å². The van der Waals surface area contributed by atoms with Crippen LogP contribution in [-0.2, 0) is 19.9 Å². The molecule has 1 spiro atoms. The second-order valence-corrected chi connectivity index (χ2v) is 8.49. The van der Waals surface area contributed by atoms with E-state index in [9.17, 15) is 14.4 Å². The molecule has 27 heavy (non-hydrogen) atoms. The lowest BCUT2D eigenvalue weighted by atomic mass is 9.75. The van der Waals surface area contributed by atoms with E-state index in [4.69, 9.17) is 0 Å². The Bertz CT molecular complexity index is 834. The average Bonchev–Trinajstić information content (AvgIpc) is 3.21. The van der Waals surface area contributed by atoms with Gasteiger partial charge in [-0.2, -0.15) is 0 Å². The van der Waals surface area contributed by atoms with E-state index in [0.29, 0.717) is 6.54 Å². The van der Waals surface area contributed by atoms with Crippen molar-refractivity contribution in [3.05, 3.63) is 29.3 Å². The third-order valence-corrected chi connectivity index (χ3v) is 6.64. The molecule has 4 rings (SSSR count). The molecule has 0 unspecified atom stereocenters. The fourth-order valence-electron chi connectivity index (χ4n) is 5.26. The van der Waals surface area contributed by atoms with Crippen molar-refractivity contribution in [3.8, 4) is 0 Å². The number of imide groups is 1. The van der Waals surface area contributed by atoms with Crippen molar-refractivity contribution in [1.82, 2.24) is 4.90 Å². The molecular formula is C21H28N3O3+. The van der Waals surface area contributed by atoms with Crippen LogP contribution in [0.1, 0.15) is 44.7 Å². The molecular weight excluding hydrogens is 342 g/mol. The van der Waals surface area contributed by atoms with Crippen molar-refractivity contribution < 1.29 is 19.7 Å². The van der Waals surface area contributed by atoms with Crippen molar-refractivity contribution >= 4 is 23.4 Å². The molecule has 3 N–H and O–H groups in total. The van der Waals surface area contributed by atoms with Crippen LogP contribution < -0.4 is 10.6 Å². The highest BCUT2D eigenvalue weighted by molar-refractivity contribution is 6.14. The number of rotatable bonds is 4. The van der Waals surface area contributed by atoms with E-state index >= 15 is 0 Å². The van der Waals surface area contributed by atoms with E-state index in [1.54, 1.807) is 0 Å². The summed E-state index contributed by atoms with van der Waals surface area (Å²) in [7, 11) is 0. The van der Waals surface area contributed by atoms with E-state index in [-0.39, 0.29) is 29.7 Å². The molecule has 1 aromatic rings.